The summed E-state index contributed by atoms with van der Waals surface area (Å²) in [7, 11) is 3.08. The molecule has 2 aliphatic rings. The van der Waals surface area contributed by atoms with E-state index in [0.717, 1.165) is 12.0 Å². The van der Waals surface area contributed by atoms with Crippen molar-refractivity contribution in [3.05, 3.63) is 46.5 Å². The topological polar surface area (TPSA) is 77.5 Å². The number of fused-ring (bicyclic) bond motifs is 1. The van der Waals surface area contributed by atoms with E-state index in [0.29, 0.717) is 73.0 Å². The summed E-state index contributed by atoms with van der Waals surface area (Å²) >= 11 is 6.35. The maximum Gasteiger partial charge on any atom is 0.257 e. The highest BCUT2D eigenvalue weighted by molar-refractivity contribution is 6.32. The highest BCUT2D eigenvalue weighted by Crippen LogP contribution is 2.38. The van der Waals surface area contributed by atoms with Crippen LogP contribution in [0.1, 0.15) is 22.3 Å². The maximum atomic E-state index is 13.0. The number of halogens is 1. The third kappa shape index (κ3) is 5.11. The molecule has 0 saturated carbocycles. The number of carbonyl (C=O) groups is 2. The van der Waals surface area contributed by atoms with Gasteiger partial charge in [-0.25, -0.2) is 0 Å². The molecule has 0 unspecified atom stereocenters. The molecule has 0 spiro atoms. The Morgan fingerprint density at radius 2 is 1.70 bits per heavy atom. The Morgan fingerprint density at radius 3 is 2.42 bits per heavy atom. The number of benzene rings is 2. The Labute approximate surface area is 197 Å². The van der Waals surface area contributed by atoms with Gasteiger partial charge >= 0.3 is 0 Å². The largest absolute Gasteiger partial charge is 0.497 e. The van der Waals surface area contributed by atoms with E-state index in [1.54, 1.807) is 41.2 Å². The molecule has 2 aliphatic heterocycles. The molecule has 9 heteroatoms. The molecule has 2 amide bonds. The average molecular weight is 475 g/mol. The number of nitrogens with zero attached hydrogens (tertiary/aromatic N) is 2. The van der Waals surface area contributed by atoms with E-state index in [9.17, 15) is 9.59 Å². The fourth-order valence-electron chi connectivity index (χ4n) is 3.98. The van der Waals surface area contributed by atoms with Gasteiger partial charge in [-0.15, -0.1) is 0 Å². The van der Waals surface area contributed by atoms with Crippen LogP contribution in [0.15, 0.2) is 30.3 Å². The molecule has 2 aromatic carbocycles. The van der Waals surface area contributed by atoms with Crippen molar-refractivity contribution in [1.82, 2.24) is 9.80 Å². The first-order valence-electron chi connectivity index (χ1n) is 10.9. The number of ether oxygens (including phenoxy) is 4. The fraction of sp³-hybridized carbons (Fsp3) is 0.417. The molecule has 0 aliphatic carbocycles. The van der Waals surface area contributed by atoms with Crippen molar-refractivity contribution in [2.45, 2.75) is 12.8 Å². The number of piperazine rings is 1. The molecule has 0 bridgehead atoms. The third-order valence-corrected chi connectivity index (χ3v) is 6.06. The van der Waals surface area contributed by atoms with Crippen molar-refractivity contribution >= 4 is 23.4 Å². The second-order valence-corrected chi connectivity index (χ2v) is 8.28. The van der Waals surface area contributed by atoms with E-state index in [-0.39, 0.29) is 18.2 Å². The summed E-state index contributed by atoms with van der Waals surface area (Å²) in [6.45, 7) is 2.91. The van der Waals surface area contributed by atoms with Gasteiger partial charge in [0.25, 0.3) is 5.91 Å². The molecule has 0 radical (unpaired) electrons. The second-order valence-electron chi connectivity index (χ2n) is 7.87. The smallest absolute Gasteiger partial charge is 0.257 e. The fourth-order valence-corrected chi connectivity index (χ4v) is 4.26. The molecular weight excluding hydrogens is 448 g/mol. The van der Waals surface area contributed by atoms with Gasteiger partial charge in [0.05, 0.1) is 44.4 Å². The minimum absolute atomic E-state index is 0.0188. The molecule has 8 nitrogen and oxygen atoms in total. The lowest BCUT2D eigenvalue weighted by Gasteiger charge is -2.35. The lowest BCUT2D eigenvalue weighted by molar-refractivity contribution is -0.131. The SMILES string of the molecule is COc1ccc(C(=O)N2CCN(C(=O)Cc3cc(Cl)c4c(c3)OCCCO4)CC2)c(OC)c1. The molecule has 1 saturated heterocycles. The Kier molecular flexibility index (Phi) is 7.13. The lowest BCUT2D eigenvalue weighted by atomic mass is 10.1. The van der Waals surface area contributed by atoms with Gasteiger partial charge in [0, 0.05) is 38.7 Å². The quantitative estimate of drug-likeness (QED) is 0.663. The Morgan fingerprint density at radius 1 is 0.970 bits per heavy atom. The van der Waals surface area contributed by atoms with Crippen LogP contribution in [-0.2, 0) is 11.2 Å². The highest BCUT2D eigenvalue weighted by Gasteiger charge is 2.27. The van der Waals surface area contributed by atoms with Crippen LogP contribution < -0.4 is 18.9 Å². The van der Waals surface area contributed by atoms with Crippen molar-refractivity contribution < 1.29 is 28.5 Å². The van der Waals surface area contributed by atoms with Crippen LogP contribution in [0.5, 0.6) is 23.0 Å². The predicted octanol–water partition coefficient (Wildman–Crippen LogP) is 3.05. The van der Waals surface area contributed by atoms with Crippen molar-refractivity contribution in [3.63, 3.8) is 0 Å². The molecule has 2 heterocycles. The van der Waals surface area contributed by atoms with Crippen LogP contribution >= 0.6 is 11.6 Å². The summed E-state index contributed by atoms with van der Waals surface area (Å²) in [6.07, 6.45) is 0.987. The third-order valence-electron chi connectivity index (χ3n) is 5.78. The van der Waals surface area contributed by atoms with E-state index in [1.807, 2.05) is 6.07 Å². The van der Waals surface area contributed by atoms with Crippen molar-refractivity contribution in [3.8, 4) is 23.0 Å². The molecule has 33 heavy (non-hydrogen) atoms. The van der Waals surface area contributed by atoms with Crippen LogP contribution in [0.25, 0.3) is 0 Å². The Hall–Kier alpha value is -3.13. The summed E-state index contributed by atoms with van der Waals surface area (Å²) in [5.41, 5.74) is 1.25. The standard InChI is InChI=1S/C24H27ClN2O6/c1-30-17-4-5-18(20(15-17)31-2)24(29)27-8-6-26(7-9-27)22(28)14-16-12-19(25)23-21(13-16)32-10-3-11-33-23/h4-5,12-13,15H,3,6-11,14H2,1-2H3. The van der Waals surface area contributed by atoms with Crippen LogP contribution in [0, 0.1) is 0 Å². The van der Waals surface area contributed by atoms with E-state index < -0.39 is 0 Å². The highest BCUT2D eigenvalue weighted by atomic mass is 35.5. The monoisotopic (exact) mass is 474 g/mol. The van der Waals surface area contributed by atoms with Crippen molar-refractivity contribution in [2.24, 2.45) is 0 Å². The first kappa shape index (κ1) is 23.0. The number of amides is 2. The first-order valence-corrected chi connectivity index (χ1v) is 11.2. The predicted molar refractivity (Wildman–Crippen MR) is 123 cm³/mol. The van der Waals surface area contributed by atoms with Gasteiger partial charge in [-0.3, -0.25) is 9.59 Å². The van der Waals surface area contributed by atoms with Gasteiger partial charge in [0.15, 0.2) is 11.5 Å². The minimum Gasteiger partial charge on any atom is -0.497 e. The van der Waals surface area contributed by atoms with Gasteiger partial charge in [0.1, 0.15) is 11.5 Å². The normalized spacial score (nSPS) is 15.6. The molecule has 0 atom stereocenters. The van der Waals surface area contributed by atoms with E-state index in [4.69, 9.17) is 30.5 Å². The first-order chi connectivity index (χ1) is 16.0. The van der Waals surface area contributed by atoms with E-state index >= 15 is 0 Å². The number of hydrogen-bond donors (Lipinski definition) is 0. The molecular formula is C24H27ClN2O6. The summed E-state index contributed by atoms with van der Waals surface area (Å²) < 4.78 is 21.9. The van der Waals surface area contributed by atoms with Crippen molar-refractivity contribution in [1.29, 1.82) is 0 Å². The molecule has 0 N–H and O–H groups in total. The minimum atomic E-state index is -0.128. The average Bonchev–Trinajstić information content (AvgIpc) is 3.09. The second kappa shape index (κ2) is 10.2. The van der Waals surface area contributed by atoms with E-state index in [2.05, 4.69) is 0 Å². The molecule has 4 rings (SSSR count). The number of carbonyl (C=O) groups excluding carboxylic acids is 2. The lowest BCUT2D eigenvalue weighted by Crippen LogP contribution is -2.51. The van der Waals surface area contributed by atoms with E-state index in [1.165, 1.54) is 7.11 Å². The van der Waals surface area contributed by atoms with Crippen LogP contribution in [-0.4, -0.2) is 75.2 Å². The zero-order chi connectivity index (χ0) is 23.4. The Balaban J connectivity index is 1.37. The van der Waals surface area contributed by atoms with Gasteiger partial charge < -0.3 is 28.7 Å². The van der Waals surface area contributed by atoms with Crippen LogP contribution in [0.3, 0.4) is 0 Å². The summed E-state index contributed by atoms with van der Waals surface area (Å²) in [5, 5.41) is 0.445. The van der Waals surface area contributed by atoms with Gasteiger partial charge in [-0.2, -0.15) is 0 Å². The number of hydrogen-bond acceptors (Lipinski definition) is 6. The summed E-state index contributed by atoms with van der Waals surface area (Å²) in [6, 6.07) is 8.69. The molecule has 176 valence electrons. The molecule has 2 aromatic rings. The molecule has 0 aromatic heterocycles. The zero-order valence-corrected chi connectivity index (χ0v) is 19.5. The van der Waals surface area contributed by atoms with Crippen LogP contribution in [0.4, 0.5) is 0 Å². The molecule has 1 fully saturated rings. The maximum absolute atomic E-state index is 13.0. The van der Waals surface area contributed by atoms with Gasteiger partial charge in [0.2, 0.25) is 5.91 Å². The number of methoxy groups -OCH3 is 2. The summed E-state index contributed by atoms with van der Waals surface area (Å²) in [4.78, 5) is 29.4. The van der Waals surface area contributed by atoms with Crippen LogP contribution in [0.2, 0.25) is 5.02 Å². The Bertz CT molecular complexity index is 1040. The number of rotatable bonds is 5. The van der Waals surface area contributed by atoms with Crippen molar-refractivity contribution in [2.75, 3.05) is 53.6 Å². The summed E-state index contributed by atoms with van der Waals surface area (Å²) in [5.74, 6) is 2.04. The zero-order valence-electron chi connectivity index (χ0n) is 18.8. The van der Waals surface area contributed by atoms with Gasteiger partial charge in [-0.05, 0) is 29.8 Å². The van der Waals surface area contributed by atoms with Gasteiger partial charge in [-0.1, -0.05) is 11.6 Å².